The molecule has 2 aliphatic carbocycles. The summed E-state index contributed by atoms with van der Waals surface area (Å²) in [6.45, 7) is 4.40. The molecule has 0 heterocycles. The third kappa shape index (κ3) is 1.67. The highest BCUT2D eigenvalue weighted by Gasteiger charge is 2.27. The Morgan fingerprint density at radius 1 is 0.650 bits per heavy atom. The van der Waals surface area contributed by atoms with Gasteiger partial charge in [0.15, 0.2) is 0 Å². The van der Waals surface area contributed by atoms with E-state index < -0.39 is 0 Å². The van der Waals surface area contributed by atoms with Crippen LogP contribution in [0.5, 0.6) is 0 Å². The highest BCUT2D eigenvalue weighted by atomic mass is 14.3. The van der Waals surface area contributed by atoms with Crippen molar-refractivity contribution in [2.45, 2.75) is 39.5 Å². The molecule has 0 bridgehead atoms. The summed E-state index contributed by atoms with van der Waals surface area (Å²) in [6.07, 6.45) is 5.30. The van der Waals surface area contributed by atoms with Crippen LogP contribution in [-0.4, -0.2) is 0 Å². The van der Waals surface area contributed by atoms with Crippen LogP contribution in [0, 0.1) is 13.8 Å². The maximum Gasteiger partial charge on any atom is -0.00968 e. The van der Waals surface area contributed by atoms with E-state index in [9.17, 15) is 0 Å². The van der Waals surface area contributed by atoms with Gasteiger partial charge in [0.05, 0.1) is 0 Å². The Morgan fingerprint density at radius 2 is 1.15 bits per heavy atom. The van der Waals surface area contributed by atoms with Crippen LogP contribution in [-0.2, 0) is 0 Å². The predicted molar refractivity (Wildman–Crippen MR) is 85.8 cm³/mol. The number of benzene rings is 2. The number of aryl methyl sites for hydroxylation is 2. The van der Waals surface area contributed by atoms with Gasteiger partial charge < -0.3 is 0 Å². The average molecular weight is 260 g/mol. The normalized spacial score (nSPS) is 16.5. The molecule has 2 aromatic carbocycles. The summed E-state index contributed by atoms with van der Waals surface area (Å²) >= 11 is 0. The Kier molecular flexibility index (Phi) is 2.60. The Hall–Kier alpha value is -1.82. The van der Waals surface area contributed by atoms with E-state index in [1.807, 2.05) is 0 Å². The number of hydrogen-bond acceptors (Lipinski definition) is 0. The minimum Gasteiger partial charge on any atom is -0.0617 e. The van der Waals surface area contributed by atoms with Crippen LogP contribution < -0.4 is 0 Å². The lowest BCUT2D eigenvalue weighted by Gasteiger charge is -2.09. The molecule has 20 heavy (non-hydrogen) atoms. The summed E-state index contributed by atoms with van der Waals surface area (Å²) in [5.41, 5.74) is 11.8. The molecule has 0 unspecified atom stereocenters. The number of rotatable bonds is 0. The second kappa shape index (κ2) is 4.34. The van der Waals surface area contributed by atoms with E-state index in [1.165, 1.54) is 59.1 Å². The third-order valence-corrected chi connectivity index (χ3v) is 4.74. The van der Waals surface area contributed by atoms with Crippen molar-refractivity contribution >= 4 is 5.57 Å². The molecule has 0 saturated heterocycles. The zero-order valence-electron chi connectivity index (χ0n) is 12.3. The van der Waals surface area contributed by atoms with E-state index in [1.54, 1.807) is 11.1 Å². The van der Waals surface area contributed by atoms with Crippen molar-refractivity contribution in [3.8, 4) is 11.1 Å². The van der Waals surface area contributed by atoms with Crippen LogP contribution in [0.2, 0.25) is 0 Å². The maximum atomic E-state index is 2.38. The van der Waals surface area contributed by atoms with Crippen molar-refractivity contribution in [1.82, 2.24) is 0 Å². The second-order valence-electron chi connectivity index (χ2n) is 6.28. The Bertz CT molecular complexity index is 670. The highest BCUT2D eigenvalue weighted by Crippen LogP contribution is 2.48. The fraction of sp³-hybridized carbons (Fsp3) is 0.300. The molecular formula is C20H20. The third-order valence-electron chi connectivity index (χ3n) is 4.74. The maximum absolute atomic E-state index is 2.38. The van der Waals surface area contributed by atoms with E-state index in [4.69, 9.17) is 0 Å². The van der Waals surface area contributed by atoms with Gasteiger partial charge in [-0.3, -0.25) is 0 Å². The Labute approximate surface area is 121 Å². The molecule has 0 aromatic heterocycles. The molecular weight excluding hydrogens is 240 g/mol. The van der Waals surface area contributed by atoms with Gasteiger partial charge in [-0.2, -0.15) is 0 Å². The lowest BCUT2D eigenvalue weighted by Crippen LogP contribution is -1.88. The number of hydrogen-bond donors (Lipinski definition) is 0. The van der Waals surface area contributed by atoms with Crippen molar-refractivity contribution in [1.29, 1.82) is 0 Å². The van der Waals surface area contributed by atoms with Gasteiger partial charge in [0.25, 0.3) is 0 Å². The first-order valence-electron chi connectivity index (χ1n) is 7.68. The van der Waals surface area contributed by atoms with Crippen LogP contribution in [0.4, 0.5) is 0 Å². The van der Waals surface area contributed by atoms with Crippen molar-refractivity contribution in [2.75, 3.05) is 0 Å². The smallest absolute Gasteiger partial charge is 0.00968 e. The van der Waals surface area contributed by atoms with Gasteiger partial charge >= 0.3 is 0 Å². The van der Waals surface area contributed by atoms with Gasteiger partial charge in [0.1, 0.15) is 0 Å². The minimum atomic E-state index is 1.29. The molecule has 1 fully saturated rings. The van der Waals surface area contributed by atoms with Gasteiger partial charge in [-0.15, -0.1) is 0 Å². The molecule has 0 N–H and O–H groups in total. The first-order chi connectivity index (χ1) is 9.74. The fourth-order valence-corrected chi connectivity index (χ4v) is 3.78. The van der Waals surface area contributed by atoms with Crippen LogP contribution in [0.25, 0.3) is 16.7 Å². The summed E-state index contributed by atoms with van der Waals surface area (Å²) in [4.78, 5) is 0. The van der Waals surface area contributed by atoms with Crippen LogP contribution >= 0.6 is 0 Å². The minimum absolute atomic E-state index is 1.29. The van der Waals surface area contributed by atoms with Crippen LogP contribution in [0.15, 0.2) is 42.0 Å². The van der Waals surface area contributed by atoms with Gasteiger partial charge in [-0.1, -0.05) is 53.1 Å². The van der Waals surface area contributed by atoms with Gasteiger partial charge in [0.2, 0.25) is 0 Å². The fourth-order valence-electron chi connectivity index (χ4n) is 3.78. The lowest BCUT2D eigenvalue weighted by molar-refractivity contribution is 0.886. The van der Waals surface area contributed by atoms with Gasteiger partial charge in [0, 0.05) is 0 Å². The van der Waals surface area contributed by atoms with Crippen molar-refractivity contribution in [3.63, 3.8) is 0 Å². The summed E-state index contributed by atoms with van der Waals surface area (Å²) in [6, 6.07) is 13.9. The summed E-state index contributed by atoms with van der Waals surface area (Å²) in [5, 5.41) is 0. The summed E-state index contributed by atoms with van der Waals surface area (Å²) < 4.78 is 0. The number of fused-ring (bicyclic) bond motifs is 3. The molecule has 2 aliphatic rings. The summed E-state index contributed by atoms with van der Waals surface area (Å²) in [5.74, 6) is 0. The Morgan fingerprint density at radius 3 is 1.65 bits per heavy atom. The standard InChI is InChI=1S/C20H20/c1-13-7-9-16-17-10-8-14(2)12-19(17)20(18(16)11-13)15-5-3-4-6-15/h7-12H,3-6H2,1-2H3. The predicted octanol–water partition coefficient (Wildman–Crippen LogP) is 5.66. The van der Waals surface area contributed by atoms with E-state index >= 15 is 0 Å². The molecule has 100 valence electrons. The highest BCUT2D eigenvalue weighted by molar-refractivity contribution is 6.02. The van der Waals surface area contributed by atoms with Crippen LogP contribution in [0.1, 0.15) is 47.9 Å². The molecule has 0 atom stereocenters. The quantitative estimate of drug-likeness (QED) is 0.489. The topological polar surface area (TPSA) is 0 Å². The molecule has 0 radical (unpaired) electrons. The van der Waals surface area contributed by atoms with E-state index in [0.717, 1.165) is 0 Å². The molecule has 1 saturated carbocycles. The molecule has 0 amide bonds. The van der Waals surface area contributed by atoms with E-state index in [2.05, 4.69) is 50.2 Å². The largest absolute Gasteiger partial charge is 0.0617 e. The molecule has 0 heteroatoms. The van der Waals surface area contributed by atoms with Gasteiger partial charge in [-0.05, 0) is 67.4 Å². The first-order valence-corrected chi connectivity index (χ1v) is 7.68. The number of allylic oxidation sites excluding steroid dienone is 1. The zero-order chi connectivity index (χ0) is 13.7. The van der Waals surface area contributed by atoms with Crippen molar-refractivity contribution in [2.24, 2.45) is 0 Å². The van der Waals surface area contributed by atoms with E-state index in [0.29, 0.717) is 0 Å². The van der Waals surface area contributed by atoms with Crippen molar-refractivity contribution in [3.05, 3.63) is 64.2 Å². The van der Waals surface area contributed by atoms with Crippen molar-refractivity contribution < 1.29 is 0 Å². The second-order valence-corrected chi connectivity index (χ2v) is 6.28. The van der Waals surface area contributed by atoms with Crippen LogP contribution in [0.3, 0.4) is 0 Å². The molecule has 4 rings (SSSR count). The molecule has 0 nitrogen and oxygen atoms in total. The zero-order valence-corrected chi connectivity index (χ0v) is 12.3. The molecule has 0 spiro atoms. The Balaban J connectivity index is 2.06. The van der Waals surface area contributed by atoms with Gasteiger partial charge in [-0.25, -0.2) is 0 Å². The molecule has 0 aliphatic heterocycles. The van der Waals surface area contributed by atoms with E-state index in [-0.39, 0.29) is 0 Å². The first kappa shape index (κ1) is 12.0. The molecule has 2 aromatic rings. The lowest BCUT2D eigenvalue weighted by atomic mass is 9.95. The SMILES string of the molecule is Cc1ccc2c(c1)C(=C1CCCC1)c1cc(C)ccc1-2. The summed E-state index contributed by atoms with van der Waals surface area (Å²) in [7, 11) is 0. The average Bonchev–Trinajstić information content (AvgIpc) is 3.02. The monoisotopic (exact) mass is 260 g/mol.